The molecule has 0 amide bonds. The second-order valence-corrected chi connectivity index (χ2v) is 8.19. The Bertz CT molecular complexity index is 747. The van der Waals surface area contributed by atoms with Crippen molar-refractivity contribution in [3.63, 3.8) is 0 Å². The van der Waals surface area contributed by atoms with Gasteiger partial charge in [-0.2, -0.15) is 4.31 Å². The lowest BCUT2D eigenvalue weighted by Crippen LogP contribution is -2.50. The van der Waals surface area contributed by atoms with E-state index in [0.717, 1.165) is 12.8 Å². The second kappa shape index (κ2) is 7.59. The molecule has 2 heterocycles. The fourth-order valence-electron chi connectivity index (χ4n) is 3.17. The predicted molar refractivity (Wildman–Crippen MR) is 90.0 cm³/mol. The summed E-state index contributed by atoms with van der Waals surface area (Å²) in [7, 11) is -2.67. The number of sulfonamides is 1. The molecule has 138 valence electrons. The van der Waals surface area contributed by atoms with Gasteiger partial charge in [0.1, 0.15) is 4.90 Å². The minimum atomic E-state index is -3.91. The van der Waals surface area contributed by atoms with Gasteiger partial charge in [0, 0.05) is 6.54 Å². The summed E-state index contributed by atoms with van der Waals surface area (Å²) in [6.07, 6.45) is 1.72. The van der Waals surface area contributed by atoms with Crippen molar-refractivity contribution in [1.29, 1.82) is 0 Å². The third-order valence-corrected chi connectivity index (χ3v) is 6.81. The lowest BCUT2D eigenvalue weighted by Gasteiger charge is -2.37. The molecule has 25 heavy (non-hydrogen) atoms. The molecule has 1 aromatic carbocycles. The van der Waals surface area contributed by atoms with E-state index < -0.39 is 28.3 Å². The van der Waals surface area contributed by atoms with E-state index >= 15 is 0 Å². The highest BCUT2D eigenvalue weighted by molar-refractivity contribution is 7.89. The number of carbonyl (C=O) groups is 1. The molecular formula is C16H20ClNO6S. The van der Waals surface area contributed by atoms with Gasteiger partial charge in [-0.25, -0.2) is 13.2 Å². The standard InChI is InChI=1S/C16H20ClNO6S/c1-22-15(19)11-5-6-12(17)14(10-11)25(20,21)18-7-3-2-4-13(18)16-23-8-9-24-16/h5-6,10,13,16H,2-4,7-9H2,1H3/t13-/m1/s1. The number of hydrogen-bond donors (Lipinski definition) is 0. The Kier molecular flexibility index (Phi) is 5.65. The molecule has 7 nitrogen and oxygen atoms in total. The maximum Gasteiger partial charge on any atom is 0.337 e. The number of esters is 1. The van der Waals surface area contributed by atoms with Crippen LogP contribution in [0.1, 0.15) is 29.6 Å². The highest BCUT2D eigenvalue weighted by Crippen LogP contribution is 2.33. The van der Waals surface area contributed by atoms with Crippen LogP contribution in [0.2, 0.25) is 5.02 Å². The van der Waals surface area contributed by atoms with Gasteiger partial charge in [0.05, 0.1) is 37.0 Å². The number of methoxy groups -OCH3 is 1. The van der Waals surface area contributed by atoms with Gasteiger partial charge in [-0.3, -0.25) is 0 Å². The lowest BCUT2D eigenvalue weighted by atomic mass is 10.0. The zero-order valence-corrected chi connectivity index (χ0v) is 15.4. The Hall–Kier alpha value is -1.19. The predicted octanol–water partition coefficient (Wildman–Crippen LogP) is 2.04. The Morgan fingerprint density at radius 1 is 1.28 bits per heavy atom. The van der Waals surface area contributed by atoms with E-state index in [1.807, 2.05) is 0 Å². The van der Waals surface area contributed by atoms with Crippen LogP contribution in [0.25, 0.3) is 0 Å². The molecule has 2 fully saturated rings. The minimum absolute atomic E-state index is 0.0604. The molecule has 0 spiro atoms. The molecule has 0 unspecified atom stereocenters. The number of rotatable bonds is 4. The van der Waals surface area contributed by atoms with Crippen molar-refractivity contribution in [2.45, 2.75) is 36.5 Å². The highest BCUT2D eigenvalue weighted by Gasteiger charge is 2.41. The molecular weight excluding hydrogens is 370 g/mol. The van der Waals surface area contributed by atoms with Crippen LogP contribution in [0.3, 0.4) is 0 Å². The molecule has 1 atom stereocenters. The summed E-state index contributed by atoms with van der Waals surface area (Å²) in [4.78, 5) is 11.6. The van der Waals surface area contributed by atoms with Gasteiger partial charge in [0.2, 0.25) is 10.0 Å². The van der Waals surface area contributed by atoms with Crippen molar-refractivity contribution >= 4 is 27.6 Å². The smallest absolute Gasteiger partial charge is 0.337 e. The molecule has 0 N–H and O–H groups in total. The number of ether oxygens (including phenoxy) is 3. The summed E-state index contributed by atoms with van der Waals surface area (Å²) in [5.74, 6) is -0.620. The van der Waals surface area contributed by atoms with Crippen molar-refractivity contribution in [1.82, 2.24) is 4.31 Å². The zero-order chi connectivity index (χ0) is 18.0. The number of halogens is 1. The van der Waals surface area contributed by atoms with E-state index in [0.29, 0.717) is 26.2 Å². The van der Waals surface area contributed by atoms with E-state index in [9.17, 15) is 13.2 Å². The average Bonchev–Trinajstić information content (AvgIpc) is 3.16. The van der Waals surface area contributed by atoms with Gasteiger partial charge in [-0.15, -0.1) is 0 Å². The normalized spacial score (nSPS) is 22.9. The van der Waals surface area contributed by atoms with Gasteiger partial charge >= 0.3 is 5.97 Å². The largest absolute Gasteiger partial charge is 0.465 e. The molecule has 0 aliphatic carbocycles. The molecule has 0 bridgehead atoms. The van der Waals surface area contributed by atoms with E-state index in [1.54, 1.807) is 0 Å². The van der Waals surface area contributed by atoms with Crippen molar-refractivity contribution in [2.24, 2.45) is 0 Å². The Balaban J connectivity index is 1.97. The van der Waals surface area contributed by atoms with Crippen molar-refractivity contribution in [3.05, 3.63) is 28.8 Å². The first kappa shape index (κ1) is 18.6. The number of hydrogen-bond acceptors (Lipinski definition) is 6. The van der Waals surface area contributed by atoms with Crippen LogP contribution < -0.4 is 0 Å². The third-order valence-electron chi connectivity index (χ3n) is 4.40. The first-order valence-corrected chi connectivity index (χ1v) is 9.90. The van der Waals surface area contributed by atoms with E-state index in [2.05, 4.69) is 4.74 Å². The van der Waals surface area contributed by atoms with Crippen molar-refractivity contribution in [3.8, 4) is 0 Å². The van der Waals surface area contributed by atoms with E-state index in [4.69, 9.17) is 21.1 Å². The van der Waals surface area contributed by atoms with Crippen molar-refractivity contribution in [2.75, 3.05) is 26.9 Å². The SMILES string of the molecule is COC(=O)c1ccc(Cl)c(S(=O)(=O)N2CCCC[C@@H]2C2OCCO2)c1. The zero-order valence-electron chi connectivity index (χ0n) is 13.8. The maximum atomic E-state index is 13.2. The summed E-state index contributed by atoms with van der Waals surface area (Å²) in [6, 6.07) is 3.68. The maximum absolute atomic E-state index is 13.2. The molecule has 2 saturated heterocycles. The second-order valence-electron chi connectivity index (χ2n) is 5.93. The fourth-order valence-corrected chi connectivity index (χ4v) is 5.36. The molecule has 9 heteroatoms. The highest BCUT2D eigenvalue weighted by atomic mass is 35.5. The van der Waals surface area contributed by atoms with E-state index in [-0.39, 0.29) is 15.5 Å². The van der Waals surface area contributed by atoms with Crippen LogP contribution in [0.4, 0.5) is 0 Å². The summed E-state index contributed by atoms with van der Waals surface area (Å²) in [5, 5.41) is 0.0604. The van der Waals surface area contributed by atoms with Gasteiger partial charge in [-0.1, -0.05) is 18.0 Å². The number of nitrogens with zero attached hydrogens (tertiary/aromatic N) is 1. The Morgan fingerprint density at radius 2 is 2.00 bits per heavy atom. The lowest BCUT2D eigenvalue weighted by molar-refractivity contribution is -0.0913. The summed E-state index contributed by atoms with van der Waals surface area (Å²) < 4.78 is 43.5. The summed E-state index contributed by atoms with van der Waals surface area (Å²) >= 11 is 6.13. The van der Waals surface area contributed by atoms with Crippen LogP contribution >= 0.6 is 11.6 Å². The molecule has 1 aromatic rings. The number of benzene rings is 1. The summed E-state index contributed by atoms with van der Waals surface area (Å²) in [6.45, 7) is 1.26. The minimum Gasteiger partial charge on any atom is -0.465 e. The van der Waals surface area contributed by atoms with Crippen LogP contribution in [0.5, 0.6) is 0 Å². The quantitative estimate of drug-likeness (QED) is 0.733. The topological polar surface area (TPSA) is 82.1 Å². The van der Waals surface area contributed by atoms with Crippen LogP contribution in [0, 0.1) is 0 Å². The summed E-state index contributed by atoms with van der Waals surface area (Å²) in [5.41, 5.74) is 0.132. The number of carbonyl (C=O) groups excluding carboxylic acids is 1. The molecule has 2 aliphatic heterocycles. The molecule has 3 rings (SSSR count). The molecule has 0 aromatic heterocycles. The van der Waals surface area contributed by atoms with Crippen LogP contribution in [-0.2, 0) is 24.2 Å². The molecule has 0 radical (unpaired) electrons. The van der Waals surface area contributed by atoms with Crippen LogP contribution in [0.15, 0.2) is 23.1 Å². The van der Waals surface area contributed by atoms with Gasteiger partial charge in [-0.05, 0) is 31.0 Å². The van der Waals surface area contributed by atoms with Gasteiger partial charge in [0.15, 0.2) is 6.29 Å². The van der Waals surface area contributed by atoms with Gasteiger partial charge < -0.3 is 14.2 Å². The first-order chi connectivity index (χ1) is 11.9. The van der Waals surface area contributed by atoms with Crippen molar-refractivity contribution < 1.29 is 27.4 Å². The first-order valence-electron chi connectivity index (χ1n) is 8.08. The van der Waals surface area contributed by atoms with E-state index in [1.165, 1.54) is 29.6 Å². The third kappa shape index (κ3) is 3.68. The average molecular weight is 390 g/mol. The monoisotopic (exact) mass is 389 g/mol. The Morgan fingerprint density at radius 3 is 2.68 bits per heavy atom. The number of piperidine rings is 1. The fraction of sp³-hybridized carbons (Fsp3) is 0.562. The Labute approximate surface area is 151 Å². The molecule has 2 aliphatic rings. The molecule has 0 saturated carbocycles. The van der Waals surface area contributed by atoms with Crippen LogP contribution in [-0.4, -0.2) is 57.9 Å². The van der Waals surface area contributed by atoms with Gasteiger partial charge in [0.25, 0.3) is 0 Å².